The number of halogens is 1. The van der Waals surface area contributed by atoms with E-state index in [4.69, 9.17) is 25.8 Å². The SMILES string of the molecule is CO[PH2+]Cc1nc2c(N3CCOCC3)nc(Cl)nc2n1C. The Kier molecular flexibility index (Phi) is 4.54. The molecule has 114 valence electrons. The monoisotopic (exact) mass is 330 g/mol. The van der Waals surface area contributed by atoms with Gasteiger partial charge < -0.3 is 14.2 Å². The minimum Gasteiger partial charge on any atom is -0.378 e. The van der Waals surface area contributed by atoms with E-state index in [0.29, 0.717) is 13.2 Å². The van der Waals surface area contributed by atoms with E-state index in [9.17, 15) is 0 Å². The Hall–Kier alpha value is -1.01. The predicted molar refractivity (Wildman–Crippen MR) is 84.8 cm³/mol. The second-order valence-corrected chi connectivity index (χ2v) is 6.33. The van der Waals surface area contributed by atoms with Gasteiger partial charge in [-0.05, 0) is 11.6 Å². The molecular formula is C12H18ClN5O2P+. The number of ether oxygens (including phenoxy) is 1. The third kappa shape index (κ3) is 2.97. The van der Waals surface area contributed by atoms with Crippen molar-refractivity contribution < 1.29 is 9.26 Å². The van der Waals surface area contributed by atoms with E-state index >= 15 is 0 Å². The van der Waals surface area contributed by atoms with Crippen LogP contribution in [0.5, 0.6) is 0 Å². The largest absolute Gasteiger partial charge is 0.378 e. The van der Waals surface area contributed by atoms with Gasteiger partial charge in [0, 0.05) is 20.1 Å². The van der Waals surface area contributed by atoms with Crippen molar-refractivity contribution in [3.63, 3.8) is 0 Å². The first-order valence-electron chi connectivity index (χ1n) is 6.76. The van der Waals surface area contributed by atoms with Crippen LogP contribution in [0.4, 0.5) is 5.82 Å². The summed E-state index contributed by atoms with van der Waals surface area (Å²) in [7, 11) is 3.56. The lowest BCUT2D eigenvalue weighted by Gasteiger charge is -2.27. The van der Waals surface area contributed by atoms with Gasteiger partial charge >= 0.3 is 0 Å². The van der Waals surface area contributed by atoms with Gasteiger partial charge in [-0.2, -0.15) is 9.97 Å². The fraction of sp³-hybridized carbons (Fsp3) is 0.583. The maximum absolute atomic E-state index is 6.09. The first-order valence-corrected chi connectivity index (χ1v) is 8.43. The van der Waals surface area contributed by atoms with Crippen LogP contribution >= 0.6 is 20.4 Å². The Morgan fingerprint density at radius 3 is 2.76 bits per heavy atom. The van der Waals surface area contributed by atoms with Crippen LogP contribution in [0, 0.1) is 0 Å². The molecule has 2 aromatic rings. The van der Waals surface area contributed by atoms with E-state index < -0.39 is 0 Å². The minimum absolute atomic E-state index is 0.106. The molecular weight excluding hydrogens is 313 g/mol. The molecule has 0 radical (unpaired) electrons. The van der Waals surface area contributed by atoms with Crippen molar-refractivity contribution in [2.45, 2.75) is 6.16 Å². The van der Waals surface area contributed by atoms with Crippen molar-refractivity contribution in [2.75, 3.05) is 38.3 Å². The highest BCUT2D eigenvalue weighted by Gasteiger charge is 2.22. The molecule has 0 N–H and O–H groups in total. The smallest absolute Gasteiger partial charge is 0.226 e. The Morgan fingerprint density at radius 2 is 2.05 bits per heavy atom. The summed E-state index contributed by atoms with van der Waals surface area (Å²) >= 11 is 6.09. The Balaban J connectivity index is 2.06. The van der Waals surface area contributed by atoms with Crippen LogP contribution in [0.1, 0.15) is 5.82 Å². The van der Waals surface area contributed by atoms with Crippen molar-refractivity contribution in [3.8, 4) is 0 Å². The van der Waals surface area contributed by atoms with Gasteiger partial charge in [-0.25, -0.2) is 9.51 Å². The molecule has 21 heavy (non-hydrogen) atoms. The van der Waals surface area contributed by atoms with Gasteiger partial charge in [0.05, 0.1) is 20.3 Å². The van der Waals surface area contributed by atoms with Crippen LogP contribution in [0.25, 0.3) is 11.2 Å². The standard InChI is InChI=1S/C12H17ClN5O2P/c1-17-8(7-21-19-2)14-9-10(17)15-12(13)16-11(9)18-3-5-20-6-4-18/h21H,3-7H2,1-2H3/p+1. The van der Waals surface area contributed by atoms with E-state index in [2.05, 4.69) is 14.9 Å². The number of aromatic nitrogens is 4. The number of hydrogen-bond donors (Lipinski definition) is 0. The second-order valence-electron chi connectivity index (χ2n) is 4.78. The van der Waals surface area contributed by atoms with E-state index in [1.54, 1.807) is 7.11 Å². The number of aryl methyl sites for hydroxylation is 1. The molecule has 1 atom stereocenters. The molecule has 0 spiro atoms. The molecule has 0 bridgehead atoms. The van der Waals surface area contributed by atoms with Gasteiger partial charge in [0.15, 0.2) is 22.8 Å². The lowest BCUT2D eigenvalue weighted by Crippen LogP contribution is -2.37. The molecule has 1 aliphatic heterocycles. The molecule has 9 heteroatoms. The van der Waals surface area contributed by atoms with E-state index in [1.807, 2.05) is 11.6 Å². The van der Waals surface area contributed by atoms with E-state index in [1.165, 1.54) is 0 Å². The quantitative estimate of drug-likeness (QED) is 0.622. The van der Waals surface area contributed by atoms with Crippen LogP contribution < -0.4 is 4.90 Å². The topological polar surface area (TPSA) is 65.3 Å². The van der Waals surface area contributed by atoms with Gasteiger partial charge in [0.25, 0.3) is 0 Å². The number of hydrogen-bond acceptors (Lipinski definition) is 6. The summed E-state index contributed by atoms with van der Waals surface area (Å²) in [5.74, 6) is 1.75. The maximum Gasteiger partial charge on any atom is 0.226 e. The number of fused-ring (bicyclic) bond motifs is 1. The van der Waals surface area contributed by atoms with Gasteiger partial charge in [-0.15, -0.1) is 0 Å². The molecule has 0 aliphatic carbocycles. The number of morpholine rings is 1. The van der Waals surface area contributed by atoms with E-state index in [0.717, 1.165) is 42.1 Å². The number of imidazole rings is 1. The average Bonchev–Trinajstić information content (AvgIpc) is 2.82. The summed E-state index contributed by atoms with van der Waals surface area (Å²) in [5.41, 5.74) is 1.57. The predicted octanol–water partition coefficient (Wildman–Crippen LogP) is 1.33. The summed E-state index contributed by atoms with van der Waals surface area (Å²) < 4.78 is 12.6. The Labute approximate surface area is 129 Å². The van der Waals surface area contributed by atoms with Crippen LogP contribution in [0.15, 0.2) is 0 Å². The summed E-state index contributed by atoms with van der Waals surface area (Å²) in [4.78, 5) is 15.6. The molecule has 3 rings (SSSR count). The molecule has 0 saturated carbocycles. The zero-order chi connectivity index (χ0) is 14.8. The molecule has 0 amide bonds. The molecule has 1 unspecified atom stereocenters. The van der Waals surface area contributed by atoms with E-state index in [-0.39, 0.29) is 14.1 Å². The van der Waals surface area contributed by atoms with Crippen LogP contribution in [-0.2, 0) is 22.5 Å². The van der Waals surface area contributed by atoms with Gasteiger partial charge in [-0.1, -0.05) is 0 Å². The summed E-state index contributed by atoms with van der Waals surface area (Å²) in [6.07, 6.45) is 0.809. The summed E-state index contributed by atoms with van der Waals surface area (Å²) in [6.45, 7) is 2.96. The molecule has 1 aliphatic rings. The third-order valence-corrected chi connectivity index (χ3v) is 4.54. The summed E-state index contributed by atoms with van der Waals surface area (Å²) in [6, 6.07) is 0. The molecule has 7 nitrogen and oxygen atoms in total. The van der Waals surface area contributed by atoms with Crippen LogP contribution in [-0.4, -0.2) is 52.9 Å². The van der Waals surface area contributed by atoms with Gasteiger partial charge in [0.2, 0.25) is 5.28 Å². The zero-order valence-corrected chi connectivity index (χ0v) is 14.0. The van der Waals surface area contributed by atoms with Crippen LogP contribution in [0.2, 0.25) is 5.28 Å². The Bertz CT molecular complexity index is 644. The Morgan fingerprint density at radius 1 is 1.29 bits per heavy atom. The molecule has 1 fully saturated rings. The lowest BCUT2D eigenvalue weighted by atomic mass is 10.4. The van der Waals surface area contributed by atoms with Crippen molar-refractivity contribution in [1.29, 1.82) is 0 Å². The molecule has 1 saturated heterocycles. The molecule has 0 aromatic carbocycles. The zero-order valence-electron chi connectivity index (χ0n) is 12.0. The fourth-order valence-electron chi connectivity index (χ4n) is 2.40. The average molecular weight is 331 g/mol. The van der Waals surface area contributed by atoms with Crippen molar-refractivity contribution in [1.82, 2.24) is 19.5 Å². The highest BCUT2D eigenvalue weighted by molar-refractivity contribution is 7.31. The van der Waals surface area contributed by atoms with Gasteiger partial charge in [0.1, 0.15) is 15.0 Å². The highest BCUT2D eigenvalue weighted by atomic mass is 35.5. The van der Waals surface area contributed by atoms with Crippen molar-refractivity contribution in [2.24, 2.45) is 7.05 Å². The highest BCUT2D eigenvalue weighted by Crippen LogP contribution is 2.28. The molecule has 2 aromatic heterocycles. The fourth-order valence-corrected chi connectivity index (χ4v) is 3.24. The summed E-state index contributed by atoms with van der Waals surface area (Å²) in [5, 5.41) is 0.248. The third-order valence-electron chi connectivity index (χ3n) is 3.51. The van der Waals surface area contributed by atoms with Crippen molar-refractivity contribution in [3.05, 3.63) is 11.1 Å². The number of rotatable bonds is 4. The van der Waals surface area contributed by atoms with Crippen molar-refractivity contribution >= 4 is 37.4 Å². The number of anilines is 1. The lowest BCUT2D eigenvalue weighted by molar-refractivity contribution is 0.122. The first kappa shape index (κ1) is 14.9. The van der Waals surface area contributed by atoms with Gasteiger partial charge in [-0.3, -0.25) is 0 Å². The first-order chi connectivity index (χ1) is 10.2. The molecule has 3 heterocycles. The minimum atomic E-state index is -0.106. The maximum atomic E-state index is 6.09. The van der Waals surface area contributed by atoms with Crippen LogP contribution in [0.3, 0.4) is 0 Å². The normalized spacial score (nSPS) is 16.4. The number of nitrogens with zero attached hydrogens (tertiary/aromatic N) is 5. The second kappa shape index (κ2) is 6.40.